The molecule has 2 amide bonds. The average Bonchev–Trinajstić information content (AvgIpc) is 2.86. The van der Waals surface area contributed by atoms with E-state index in [0.717, 1.165) is 12.0 Å². The molecule has 0 radical (unpaired) electrons. The molecule has 2 rings (SSSR count). The fourth-order valence-corrected chi connectivity index (χ4v) is 2.58. The Kier molecular flexibility index (Phi) is 4.21. The number of carbonyl (C=O) groups is 2. The Morgan fingerprint density at radius 3 is 2.57 bits per heavy atom. The molecule has 0 saturated carbocycles. The van der Waals surface area contributed by atoms with Gasteiger partial charge in [0.05, 0.1) is 0 Å². The number of ether oxygens (including phenoxy) is 1. The fourth-order valence-electron chi connectivity index (χ4n) is 2.58. The van der Waals surface area contributed by atoms with E-state index < -0.39 is 11.5 Å². The highest BCUT2D eigenvalue weighted by atomic mass is 16.6. The molecule has 1 aromatic carbocycles. The van der Waals surface area contributed by atoms with Crippen molar-refractivity contribution in [3.8, 4) is 0 Å². The summed E-state index contributed by atoms with van der Waals surface area (Å²) in [5.74, 6) is -0.303. The van der Waals surface area contributed by atoms with Crippen molar-refractivity contribution < 1.29 is 14.3 Å². The van der Waals surface area contributed by atoms with E-state index in [1.54, 1.807) is 17.0 Å². The lowest BCUT2D eigenvalue weighted by atomic mass is 9.93. The van der Waals surface area contributed by atoms with Crippen LogP contribution >= 0.6 is 0 Å². The second-order valence-corrected chi connectivity index (χ2v) is 6.36. The molecule has 114 valence electrons. The van der Waals surface area contributed by atoms with Crippen LogP contribution in [0.5, 0.6) is 0 Å². The van der Waals surface area contributed by atoms with Crippen molar-refractivity contribution in [1.82, 2.24) is 4.90 Å². The van der Waals surface area contributed by atoms with Crippen LogP contribution in [0.15, 0.2) is 24.3 Å². The number of rotatable bonds is 2. The zero-order valence-electron chi connectivity index (χ0n) is 12.8. The van der Waals surface area contributed by atoms with E-state index in [2.05, 4.69) is 0 Å². The maximum absolute atomic E-state index is 12.1. The first kappa shape index (κ1) is 15.4. The minimum absolute atomic E-state index is 0.126. The molecule has 2 N–H and O–H groups in total. The van der Waals surface area contributed by atoms with Crippen molar-refractivity contribution in [2.75, 3.05) is 13.1 Å². The van der Waals surface area contributed by atoms with Gasteiger partial charge in [0.1, 0.15) is 5.60 Å². The number of amides is 2. The molecule has 5 nitrogen and oxygen atoms in total. The molecule has 0 unspecified atom stereocenters. The van der Waals surface area contributed by atoms with Crippen molar-refractivity contribution in [3.63, 3.8) is 0 Å². The summed E-state index contributed by atoms with van der Waals surface area (Å²) < 4.78 is 5.38. The van der Waals surface area contributed by atoms with Crippen LogP contribution in [0.1, 0.15) is 49.0 Å². The summed E-state index contributed by atoms with van der Waals surface area (Å²) in [6.07, 6.45) is 0.505. The van der Waals surface area contributed by atoms with Crippen LogP contribution in [0.3, 0.4) is 0 Å². The van der Waals surface area contributed by atoms with Gasteiger partial charge in [0, 0.05) is 24.6 Å². The monoisotopic (exact) mass is 290 g/mol. The molecule has 1 aliphatic rings. The molecule has 0 spiro atoms. The number of hydrogen-bond donors (Lipinski definition) is 1. The Balaban J connectivity index is 2.10. The highest BCUT2D eigenvalue weighted by molar-refractivity contribution is 5.94. The molecule has 21 heavy (non-hydrogen) atoms. The molecule has 1 saturated heterocycles. The molecule has 1 aliphatic heterocycles. The van der Waals surface area contributed by atoms with Gasteiger partial charge in [-0.05, 0) is 38.8 Å². The number of carbonyl (C=O) groups excluding carboxylic acids is 2. The summed E-state index contributed by atoms with van der Waals surface area (Å²) in [6.45, 7) is 6.73. The number of hydrogen-bond acceptors (Lipinski definition) is 3. The molecule has 0 bridgehead atoms. The summed E-state index contributed by atoms with van der Waals surface area (Å²) in [5.41, 5.74) is 6.36. The maximum Gasteiger partial charge on any atom is 0.410 e. The smallest absolute Gasteiger partial charge is 0.410 e. The summed E-state index contributed by atoms with van der Waals surface area (Å²) >= 11 is 0. The van der Waals surface area contributed by atoms with Gasteiger partial charge in [-0.2, -0.15) is 0 Å². The van der Waals surface area contributed by atoms with E-state index in [0.29, 0.717) is 18.7 Å². The second kappa shape index (κ2) is 5.76. The van der Waals surface area contributed by atoms with E-state index in [1.807, 2.05) is 32.9 Å². The van der Waals surface area contributed by atoms with Crippen molar-refractivity contribution in [2.24, 2.45) is 5.73 Å². The van der Waals surface area contributed by atoms with E-state index >= 15 is 0 Å². The Labute approximate surface area is 125 Å². The lowest BCUT2D eigenvalue weighted by molar-refractivity contribution is 0.0292. The lowest BCUT2D eigenvalue weighted by Gasteiger charge is -2.24. The molecule has 0 aliphatic carbocycles. The van der Waals surface area contributed by atoms with Gasteiger partial charge in [-0.3, -0.25) is 4.79 Å². The molecular weight excluding hydrogens is 268 g/mol. The zero-order chi connectivity index (χ0) is 15.6. The van der Waals surface area contributed by atoms with Crippen LogP contribution < -0.4 is 5.73 Å². The van der Waals surface area contributed by atoms with Crippen molar-refractivity contribution in [3.05, 3.63) is 35.4 Å². The number of benzene rings is 1. The summed E-state index contributed by atoms with van der Waals surface area (Å²) in [7, 11) is 0. The van der Waals surface area contributed by atoms with Gasteiger partial charge < -0.3 is 15.4 Å². The fraction of sp³-hybridized carbons (Fsp3) is 0.500. The van der Waals surface area contributed by atoms with E-state index in [1.165, 1.54) is 0 Å². The molecule has 1 heterocycles. The van der Waals surface area contributed by atoms with E-state index in [9.17, 15) is 9.59 Å². The number of likely N-dealkylation sites (tertiary alicyclic amines) is 1. The summed E-state index contributed by atoms with van der Waals surface area (Å²) in [4.78, 5) is 25.3. The predicted octanol–water partition coefficient (Wildman–Crippen LogP) is 2.51. The average molecular weight is 290 g/mol. The topological polar surface area (TPSA) is 72.6 Å². The van der Waals surface area contributed by atoms with Gasteiger partial charge in [0.2, 0.25) is 5.91 Å². The molecule has 1 atom stereocenters. The van der Waals surface area contributed by atoms with Gasteiger partial charge in [0.25, 0.3) is 0 Å². The van der Waals surface area contributed by atoms with Gasteiger partial charge in [-0.25, -0.2) is 4.79 Å². The standard InChI is InChI=1S/C16H22N2O3/c1-16(2,3)21-15(20)18-9-8-11(10-18)12-6-4-5-7-13(12)14(17)19/h4-7,11H,8-10H2,1-3H3,(H2,17,19)/t11-/m1/s1. The minimum atomic E-state index is -0.500. The zero-order valence-corrected chi connectivity index (χ0v) is 12.8. The summed E-state index contributed by atoms with van der Waals surface area (Å²) in [5, 5.41) is 0. The second-order valence-electron chi connectivity index (χ2n) is 6.36. The van der Waals surface area contributed by atoms with Gasteiger partial charge in [-0.1, -0.05) is 18.2 Å². The van der Waals surface area contributed by atoms with Crippen LogP contribution in [0.4, 0.5) is 4.79 Å². The largest absolute Gasteiger partial charge is 0.444 e. The van der Waals surface area contributed by atoms with E-state index in [4.69, 9.17) is 10.5 Å². The Morgan fingerprint density at radius 2 is 1.95 bits per heavy atom. The molecule has 5 heteroatoms. The first-order valence-electron chi connectivity index (χ1n) is 7.14. The highest BCUT2D eigenvalue weighted by Crippen LogP contribution is 2.30. The van der Waals surface area contributed by atoms with Crippen molar-refractivity contribution in [1.29, 1.82) is 0 Å². The predicted molar refractivity (Wildman–Crippen MR) is 80.1 cm³/mol. The first-order valence-corrected chi connectivity index (χ1v) is 7.14. The molecular formula is C16H22N2O3. The Morgan fingerprint density at radius 1 is 1.29 bits per heavy atom. The minimum Gasteiger partial charge on any atom is -0.444 e. The third-order valence-corrected chi connectivity index (χ3v) is 3.51. The van der Waals surface area contributed by atoms with Gasteiger partial charge in [0.15, 0.2) is 0 Å². The quantitative estimate of drug-likeness (QED) is 0.909. The van der Waals surface area contributed by atoms with Crippen molar-refractivity contribution in [2.45, 2.75) is 38.7 Å². The molecule has 1 fully saturated rings. The maximum atomic E-state index is 12.1. The Bertz CT molecular complexity index is 549. The summed E-state index contributed by atoms with van der Waals surface area (Å²) in [6, 6.07) is 7.32. The highest BCUT2D eigenvalue weighted by Gasteiger charge is 2.31. The number of nitrogens with zero attached hydrogens (tertiary/aromatic N) is 1. The van der Waals surface area contributed by atoms with Crippen LogP contribution in [0.25, 0.3) is 0 Å². The molecule has 1 aromatic rings. The van der Waals surface area contributed by atoms with Crippen molar-refractivity contribution >= 4 is 12.0 Å². The first-order chi connectivity index (χ1) is 9.78. The van der Waals surface area contributed by atoms with Gasteiger partial charge in [-0.15, -0.1) is 0 Å². The van der Waals surface area contributed by atoms with Crippen LogP contribution in [0, 0.1) is 0 Å². The Hall–Kier alpha value is -2.04. The molecule has 0 aromatic heterocycles. The van der Waals surface area contributed by atoms with Gasteiger partial charge >= 0.3 is 6.09 Å². The third kappa shape index (κ3) is 3.74. The lowest BCUT2D eigenvalue weighted by Crippen LogP contribution is -2.35. The van der Waals surface area contributed by atoms with E-state index in [-0.39, 0.29) is 12.0 Å². The van der Waals surface area contributed by atoms with Crippen LogP contribution in [-0.4, -0.2) is 35.6 Å². The third-order valence-electron chi connectivity index (χ3n) is 3.51. The normalized spacial score (nSPS) is 18.6. The number of nitrogens with two attached hydrogens (primary N) is 1. The SMILES string of the molecule is CC(C)(C)OC(=O)N1CC[C@@H](c2ccccc2C(N)=O)C1. The van der Waals surface area contributed by atoms with Crippen LogP contribution in [-0.2, 0) is 4.74 Å². The number of primary amides is 1. The van der Waals surface area contributed by atoms with Crippen LogP contribution in [0.2, 0.25) is 0 Å².